The largest absolute Gasteiger partial charge is 0.393 e. The van der Waals surface area contributed by atoms with Crippen molar-refractivity contribution in [3.8, 4) is 0 Å². The van der Waals surface area contributed by atoms with Crippen molar-refractivity contribution >= 4 is 0 Å². The highest BCUT2D eigenvalue weighted by Gasteiger charge is 2.48. The van der Waals surface area contributed by atoms with E-state index in [1.807, 2.05) is 5.57 Å². The van der Waals surface area contributed by atoms with Crippen molar-refractivity contribution in [2.45, 2.75) is 63.9 Å². The third-order valence-corrected chi connectivity index (χ3v) is 6.65. The Morgan fingerprint density at radius 3 is 2.61 bits per heavy atom. The molecule has 0 radical (unpaired) electrons. The molecular weight excluding hydrogens is 220 g/mol. The monoisotopic (exact) mass is 246 g/mol. The molecule has 18 heavy (non-hydrogen) atoms. The molecule has 6 atom stereocenters. The van der Waals surface area contributed by atoms with E-state index in [1.165, 1.54) is 51.4 Å². The Bertz CT molecular complexity index is 359. The molecule has 1 N–H and O–H groups in total. The molecule has 4 rings (SSSR count). The molecule has 4 aliphatic rings. The zero-order valence-electron chi connectivity index (χ0n) is 11.4. The second-order valence-corrected chi connectivity index (χ2v) is 7.24. The number of aliphatic hydroxyl groups is 1. The quantitative estimate of drug-likeness (QED) is 0.642. The predicted molar refractivity (Wildman–Crippen MR) is 73.1 cm³/mol. The fraction of sp³-hybridized carbons (Fsp3) is 0.882. The summed E-state index contributed by atoms with van der Waals surface area (Å²) in [6.45, 7) is 0. The van der Waals surface area contributed by atoms with Gasteiger partial charge in [0.05, 0.1) is 6.10 Å². The first-order chi connectivity index (χ1) is 8.84. The minimum Gasteiger partial charge on any atom is -0.393 e. The predicted octanol–water partition coefficient (Wildman–Crippen LogP) is 3.92. The number of hydrogen-bond acceptors (Lipinski definition) is 1. The number of fused-ring (bicyclic) bond motifs is 5. The third kappa shape index (κ3) is 1.62. The number of allylic oxidation sites excluding steroid dienone is 2. The van der Waals surface area contributed by atoms with Crippen LogP contribution in [0, 0.1) is 29.6 Å². The zero-order valence-corrected chi connectivity index (χ0v) is 11.4. The van der Waals surface area contributed by atoms with Crippen LogP contribution >= 0.6 is 0 Å². The summed E-state index contributed by atoms with van der Waals surface area (Å²) in [6, 6.07) is 0. The van der Waals surface area contributed by atoms with Crippen molar-refractivity contribution in [3.63, 3.8) is 0 Å². The molecule has 0 aromatic carbocycles. The Morgan fingerprint density at radius 2 is 1.67 bits per heavy atom. The van der Waals surface area contributed by atoms with Gasteiger partial charge >= 0.3 is 0 Å². The average molecular weight is 246 g/mol. The van der Waals surface area contributed by atoms with E-state index < -0.39 is 0 Å². The minimum atomic E-state index is 0.0349. The molecule has 3 fully saturated rings. The average Bonchev–Trinajstić information content (AvgIpc) is 2.80. The highest BCUT2D eigenvalue weighted by Crippen LogP contribution is 2.56. The lowest BCUT2D eigenvalue weighted by Gasteiger charge is -2.48. The van der Waals surface area contributed by atoms with Gasteiger partial charge in [-0.15, -0.1) is 0 Å². The summed E-state index contributed by atoms with van der Waals surface area (Å²) in [6.07, 6.45) is 14.9. The first-order valence-electron chi connectivity index (χ1n) is 8.21. The summed E-state index contributed by atoms with van der Waals surface area (Å²) in [7, 11) is 0. The summed E-state index contributed by atoms with van der Waals surface area (Å²) in [4.78, 5) is 0. The molecular formula is C17H26O. The SMILES string of the molecule is OC1CCC2C1CCC1C3CCCCC3=CCC12. The Morgan fingerprint density at radius 1 is 0.833 bits per heavy atom. The van der Waals surface area contributed by atoms with Gasteiger partial charge in [-0.1, -0.05) is 18.1 Å². The van der Waals surface area contributed by atoms with Crippen LogP contribution < -0.4 is 0 Å². The molecule has 1 nitrogen and oxygen atoms in total. The first kappa shape index (κ1) is 11.5. The summed E-state index contributed by atoms with van der Waals surface area (Å²) in [5.41, 5.74) is 1.82. The van der Waals surface area contributed by atoms with E-state index in [2.05, 4.69) is 6.08 Å². The van der Waals surface area contributed by atoms with Gasteiger partial charge in [0.1, 0.15) is 0 Å². The lowest BCUT2D eigenvalue weighted by Crippen LogP contribution is -2.41. The van der Waals surface area contributed by atoms with Crippen LogP contribution in [0.2, 0.25) is 0 Å². The molecule has 100 valence electrons. The summed E-state index contributed by atoms with van der Waals surface area (Å²) in [5.74, 6) is 4.36. The van der Waals surface area contributed by atoms with Gasteiger partial charge in [0.2, 0.25) is 0 Å². The van der Waals surface area contributed by atoms with Crippen molar-refractivity contribution in [1.29, 1.82) is 0 Å². The van der Waals surface area contributed by atoms with E-state index in [1.54, 1.807) is 0 Å². The van der Waals surface area contributed by atoms with Crippen molar-refractivity contribution in [2.24, 2.45) is 29.6 Å². The van der Waals surface area contributed by atoms with E-state index >= 15 is 0 Å². The van der Waals surface area contributed by atoms with Gasteiger partial charge in [-0.3, -0.25) is 0 Å². The maximum atomic E-state index is 10.1. The van der Waals surface area contributed by atoms with Crippen molar-refractivity contribution in [3.05, 3.63) is 11.6 Å². The number of aliphatic hydroxyl groups excluding tert-OH is 1. The molecule has 0 aromatic heterocycles. The van der Waals surface area contributed by atoms with Crippen LogP contribution in [0.5, 0.6) is 0 Å². The second kappa shape index (κ2) is 4.37. The van der Waals surface area contributed by atoms with Crippen LogP contribution in [0.3, 0.4) is 0 Å². The van der Waals surface area contributed by atoms with E-state index in [9.17, 15) is 5.11 Å². The fourth-order valence-electron chi connectivity index (χ4n) is 5.87. The lowest BCUT2D eigenvalue weighted by atomic mass is 9.57. The third-order valence-electron chi connectivity index (χ3n) is 6.65. The van der Waals surface area contributed by atoms with Crippen LogP contribution in [-0.4, -0.2) is 11.2 Å². The normalized spacial score (nSPS) is 51.1. The standard InChI is InChI=1S/C17H26O/c18-17-10-9-15-14-6-5-11-3-1-2-4-12(11)13(14)7-8-16(15)17/h5,12-18H,1-4,6-10H2. The highest BCUT2D eigenvalue weighted by molar-refractivity contribution is 5.17. The van der Waals surface area contributed by atoms with E-state index in [0.717, 1.165) is 30.1 Å². The van der Waals surface area contributed by atoms with Gasteiger partial charge in [0, 0.05) is 0 Å². The van der Waals surface area contributed by atoms with Crippen molar-refractivity contribution < 1.29 is 5.11 Å². The summed E-state index contributed by atoms with van der Waals surface area (Å²) >= 11 is 0. The van der Waals surface area contributed by atoms with Gasteiger partial charge in [0.25, 0.3) is 0 Å². The number of rotatable bonds is 0. The smallest absolute Gasteiger partial charge is 0.0571 e. The molecule has 0 spiro atoms. The van der Waals surface area contributed by atoms with E-state index in [4.69, 9.17) is 0 Å². The van der Waals surface area contributed by atoms with Crippen molar-refractivity contribution in [1.82, 2.24) is 0 Å². The van der Waals surface area contributed by atoms with Crippen LogP contribution in [0.15, 0.2) is 11.6 Å². The minimum absolute atomic E-state index is 0.0349. The molecule has 6 unspecified atom stereocenters. The van der Waals surface area contributed by atoms with Crippen LogP contribution in [0.4, 0.5) is 0 Å². The van der Waals surface area contributed by atoms with Gasteiger partial charge in [-0.05, 0) is 81.0 Å². The molecule has 4 aliphatic carbocycles. The Hall–Kier alpha value is -0.300. The van der Waals surface area contributed by atoms with Crippen LogP contribution in [0.25, 0.3) is 0 Å². The summed E-state index contributed by atoms with van der Waals surface area (Å²) < 4.78 is 0. The maximum Gasteiger partial charge on any atom is 0.0571 e. The zero-order chi connectivity index (χ0) is 12.1. The Labute approximate surface area is 111 Å². The first-order valence-corrected chi connectivity index (χ1v) is 8.21. The highest BCUT2D eigenvalue weighted by atomic mass is 16.3. The second-order valence-electron chi connectivity index (χ2n) is 7.24. The van der Waals surface area contributed by atoms with Crippen LogP contribution in [-0.2, 0) is 0 Å². The molecule has 0 heterocycles. The van der Waals surface area contributed by atoms with Gasteiger partial charge in [-0.2, -0.15) is 0 Å². The topological polar surface area (TPSA) is 20.2 Å². The lowest BCUT2D eigenvalue weighted by molar-refractivity contribution is 0.0204. The molecule has 1 heteroatoms. The molecule has 0 bridgehead atoms. The Balaban J connectivity index is 1.61. The van der Waals surface area contributed by atoms with Crippen molar-refractivity contribution in [2.75, 3.05) is 0 Å². The Kier molecular flexibility index (Phi) is 2.80. The van der Waals surface area contributed by atoms with E-state index in [0.29, 0.717) is 5.92 Å². The van der Waals surface area contributed by atoms with Gasteiger partial charge in [0.15, 0.2) is 0 Å². The molecule has 0 aromatic rings. The molecule has 0 saturated heterocycles. The number of hydrogen-bond donors (Lipinski definition) is 1. The van der Waals surface area contributed by atoms with Gasteiger partial charge < -0.3 is 5.11 Å². The van der Waals surface area contributed by atoms with Crippen LogP contribution in [0.1, 0.15) is 57.8 Å². The summed E-state index contributed by atoms with van der Waals surface area (Å²) in [5, 5.41) is 10.1. The maximum absolute atomic E-state index is 10.1. The van der Waals surface area contributed by atoms with Gasteiger partial charge in [-0.25, -0.2) is 0 Å². The molecule has 0 aliphatic heterocycles. The van der Waals surface area contributed by atoms with E-state index in [-0.39, 0.29) is 6.10 Å². The fourth-order valence-corrected chi connectivity index (χ4v) is 5.87. The molecule has 0 amide bonds. The molecule has 3 saturated carbocycles.